The monoisotopic (exact) mass is 294 g/mol. The minimum absolute atomic E-state index is 0.106. The Bertz CT molecular complexity index is 328. The number of carbonyl (C=O) groups is 1. The minimum Gasteiger partial charge on any atom is -0.381 e. The highest BCUT2D eigenvalue weighted by atomic mass is 16.5. The van der Waals surface area contributed by atoms with Crippen LogP contribution in [0.15, 0.2) is 0 Å². The van der Waals surface area contributed by atoms with E-state index in [0.717, 1.165) is 38.0 Å². The molecule has 0 unspecified atom stereocenters. The first kappa shape index (κ1) is 15.3. The van der Waals surface area contributed by atoms with E-state index in [1.54, 1.807) is 0 Å². The van der Waals surface area contributed by atoms with Gasteiger partial charge in [0.05, 0.1) is 12.5 Å². The Morgan fingerprint density at radius 3 is 2.52 bits per heavy atom. The van der Waals surface area contributed by atoms with Crippen molar-refractivity contribution < 1.29 is 9.53 Å². The van der Waals surface area contributed by atoms with E-state index in [9.17, 15) is 4.79 Å². The van der Waals surface area contributed by atoms with Gasteiger partial charge in [-0.1, -0.05) is 12.8 Å². The maximum Gasteiger partial charge on any atom is 0.225 e. The van der Waals surface area contributed by atoms with Gasteiger partial charge in [0, 0.05) is 19.2 Å². The Kier molecular flexibility index (Phi) is 5.53. The molecule has 1 saturated carbocycles. The third kappa shape index (κ3) is 4.19. The lowest BCUT2D eigenvalue weighted by molar-refractivity contribution is -0.125. The van der Waals surface area contributed by atoms with Crippen LogP contribution in [0, 0.1) is 11.8 Å². The van der Waals surface area contributed by atoms with Crippen molar-refractivity contribution in [3.8, 4) is 0 Å². The quantitative estimate of drug-likeness (QED) is 0.845. The van der Waals surface area contributed by atoms with E-state index in [0.29, 0.717) is 6.61 Å². The number of piperidine rings is 1. The van der Waals surface area contributed by atoms with Crippen LogP contribution in [0.1, 0.15) is 51.4 Å². The number of carbonyl (C=O) groups excluding carboxylic acids is 1. The van der Waals surface area contributed by atoms with E-state index in [-0.39, 0.29) is 11.8 Å². The van der Waals surface area contributed by atoms with Crippen LogP contribution in [0.2, 0.25) is 0 Å². The molecule has 1 atom stereocenters. The van der Waals surface area contributed by atoms with E-state index < -0.39 is 0 Å². The maximum absolute atomic E-state index is 11.9. The van der Waals surface area contributed by atoms with Crippen molar-refractivity contribution in [2.75, 3.05) is 32.8 Å². The molecule has 120 valence electrons. The summed E-state index contributed by atoms with van der Waals surface area (Å²) in [4.78, 5) is 14.6. The van der Waals surface area contributed by atoms with Crippen molar-refractivity contribution in [3.05, 3.63) is 0 Å². The molecule has 2 aliphatic heterocycles. The number of rotatable bonds is 5. The summed E-state index contributed by atoms with van der Waals surface area (Å²) in [6.07, 6.45) is 10.4. The normalized spacial score (nSPS) is 29.0. The molecular weight excluding hydrogens is 264 g/mol. The second-order valence-corrected chi connectivity index (χ2v) is 7.06. The van der Waals surface area contributed by atoms with Gasteiger partial charge in [-0.3, -0.25) is 4.79 Å². The van der Waals surface area contributed by atoms with Gasteiger partial charge in [-0.25, -0.2) is 0 Å². The number of hydrogen-bond donors (Lipinski definition) is 1. The highest BCUT2D eigenvalue weighted by Gasteiger charge is 2.27. The molecule has 1 amide bonds. The second kappa shape index (κ2) is 7.59. The van der Waals surface area contributed by atoms with Crippen molar-refractivity contribution in [3.63, 3.8) is 0 Å². The van der Waals surface area contributed by atoms with E-state index in [1.165, 1.54) is 51.6 Å². The van der Waals surface area contributed by atoms with Crippen molar-refractivity contribution in [1.82, 2.24) is 10.2 Å². The van der Waals surface area contributed by atoms with Gasteiger partial charge in [0.1, 0.15) is 0 Å². The highest BCUT2D eigenvalue weighted by Crippen LogP contribution is 2.28. The first-order valence-electron chi connectivity index (χ1n) is 8.92. The van der Waals surface area contributed by atoms with Crippen molar-refractivity contribution >= 4 is 5.91 Å². The zero-order valence-corrected chi connectivity index (χ0v) is 13.2. The zero-order valence-electron chi connectivity index (χ0n) is 13.2. The molecule has 21 heavy (non-hydrogen) atoms. The fourth-order valence-corrected chi connectivity index (χ4v) is 4.16. The van der Waals surface area contributed by atoms with Gasteiger partial charge in [-0.15, -0.1) is 0 Å². The summed E-state index contributed by atoms with van der Waals surface area (Å²) in [6, 6.07) is 0.882. The predicted octanol–water partition coefficient (Wildman–Crippen LogP) is 2.18. The van der Waals surface area contributed by atoms with Gasteiger partial charge in [0.25, 0.3) is 0 Å². The van der Waals surface area contributed by atoms with Crippen LogP contribution in [-0.2, 0) is 9.53 Å². The topological polar surface area (TPSA) is 41.6 Å². The van der Waals surface area contributed by atoms with Gasteiger partial charge in [0.2, 0.25) is 5.91 Å². The van der Waals surface area contributed by atoms with Gasteiger partial charge >= 0.3 is 0 Å². The Hall–Kier alpha value is -0.610. The molecule has 0 bridgehead atoms. The lowest BCUT2D eigenvalue weighted by Crippen LogP contribution is -2.41. The van der Waals surface area contributed by atoms with Crippen molar-refractivity contribution in [2.24, 2.45) is 11.8 Å². The van der Waals surface area contributed by atoms with Crippen molar-refractivity contribution in [2.45, 2.75) is 57.4 Å². The van der Waals surface area contributed by atoms with Crippen LogP contribution in [0.25, 0.3) is 0 Å². The highest BCUT2D eigenvalue weighted by molar-refractivity contribution is 5.78. The van der Waals surface area contributed by atoms with Crippen LogP contribution < -0.4 is 5.32 Å². The van der Waals surface area contributed by atoms with E-state index in [1.807, 2.05) is 0 Å². The summed E-state index contributed by atoms with van der Waals surface area (Å²) >= 11 is 0. The van der Waals surface area contributed by atoms with Gasteiger partial charge in [0.15, 0.2) is 0 Å². The largest absolute Gasteiger partial charge is 0.381 e. The number of hydrogen-bond acceptors (Lipinski definition) is 3. The van der Waals surface area contributed by atoms with E-state index in [4.69, 9.17) is 4.74 Å². The fraction of sp³-hybridized carbons (Fsp3) is 0.941. The summed E-state index contributed by atoms with van der Waals surface area (Å²) < 4.78 is 5.27. The van der Waals surface area contributed by atoms with Gasteiger partial charge in [-0.2, -0.15) is 0 Å². The molecule has 3 aliphatic rings. The summed E-state index contributed by atoms with van der Waals surface area (Å²) in [5.74, 6) is 1.12. The molecule has 2 heterocycles. The lowest BCUT2D eigenvalue weighted by atomic mass is 9.92. The minimum atomic E-state index is 0.106. The molecule has 3 rings (SSSR count). The van der Waals surface area contributed by atoms with Crippen LogP contribution in [0.3, 0.4) is 0 Å². The molecule has 1 aliphatic carbocycles. The third-order valence-corrected chi connectivity index (χ3v) is 5.64. The Morgan fingerprint density at radius 1 is 1.10 bits per heavy atom. The fourth-order valence-electron chi connectivity index (χ4n) is 4.16. The second-order valence-electron chi connectivity index (χ2n) is 7.06. The molecule has 4 heteroatoms. The maximum atomic E-state index is 11.9. The summed E-state index contributed by atoms with van der Waals surface area (Å²) in [6.45, 7) is 4.77. The molecule has 0 spiro atoms. The molecule has 0 aromatic rings. The Labute approximate surface area is 128 Å². The van der Waals surface area contributed by atoms with Crippen molar-refractivity contribution in [1.29, 1.82) is 0 Å². The third-order valence-electron chi connectivity index (χ3n) is 5.64. The van der Waals surface area contributed by atoms with Crippen LogP contribution in [0.4, 0.5) is 0 Å². The summed E-state index contributed by atoms with van der Waals surface area (Å²) in [7, 11) is 0. The lowest BCUT2D eigenvalue weighted by Gasteiger charge is -2.36. The standard InChI is InChI=1S/C17H30N2O2/c20-17(15-8-12-21-13-15)18-9-5-14-6-10-19(11-7-14)16-3-1-2-4-16/h14-16H,1-13H2,(H,18,20)/t15-/m0/s1. The molecule has 1 N–H and O–H groups in total. The van der Waals surface area contributed by atoms with Crippen LogP contribution >= 0.6 is 0 Å². The Morgan fingerprint density at radius 2 is 1.86 bits per heavy atom. The molecular formula is C17H30N2O2. The number of amides is 1. The van der Waals surface area contributed by atoms with Crippen LogP contribution in [-0.4, -0.2) is 49.7 Å². The smallest absolute Gasteiger partial charge is 0.225 e. The molecule has 0 aromatic heterocycles. The van der Waals surface area contributed by atoms with Gasteiger partial charge < -0.3 is 15.0 Å². The first-order valence-corrected chi connectivity index (χ1v) is 8.92. The first-order chi connectivity index (χ1) is 10.3. The molecule has 2 saturated heterocycles. The molecule has 4 nitrogen and oxygen atoms in total. The van der Waals surface area contributed by atoms with E-state index in [2.05, 4.69) is 10.2 Å². The number of nitrogens with one attached hydrogen (secondary N) is 1. The zero-order chi connectivity index (χ0) is 14.5. The molecule has 0 aromatic carbocycles. The number of ether oxygens (including phenoxy) is 1. The van der Waals surface area contributed by atoms with Crippen LogP contribution in [0.5, 0.6) is 0 Å². The number of likely N-dealkylation sites (tertiary alicyclic amines) is 1. The summed E-state index contributed by atoms with van der Waals surface area (Å²) in [5.41, 5.74) is 0. The molecule has 0 radical (unpaired) electrons. The predicted molar refractivity (Wildman–Crippen MR) is 83.1 cm³/mol. The molecule has 3 fully saturated rings. The SMILES string of the molecule is O=C(NCCC1CCN(C2CCCC2)CC1)[C@H]1CCOC1. The number of nitrogens with zero attached hydrogens (tertiary/aromatic N) is 1. The van der Waals surface area contributed by atoms with Gasteiger partial charge in [-0.05, 0) is 57.5 Å². The Balaban J connectivity index is 1.29. The average molecular weight is 294 g/mol. The summed E-state index contributed by atoms with van der Waals surface area (Å²) in [5, 5.41) is 3.11. The average Bonchev–Trinajstić information content (AvgIpc) is 3.21. The van der Waals surface area contributed by atoms with E-state index >= 15 is 0 Å².